The van der Waals surface area contributed by atoms with Crippen molar-refractivity contribution in [2.24, 2.45) is 0 Å². The lowest BCUT2D eigenvalue weighted by Crippen LogP contribution is -2.78. The second-order valence-electron chi connectivity index (χ2n) is 9.26. The Labute approximate surface area is 176 Å². The molecule has 5 aliphatic rings. The fourth-order valence-electron chi connectivity index (χ4n) is 6.47. The first-order valence-corrected chi connectivity index (χ1v) is 10.5. The van der Waals surface area contributed by atoms with Crippen LogP contribution in [0, 0.1) is 0 Å². The molecule has 160 valence electrons. The number of rotatable bonds is 2. The van der Waals surface area contributed by atoms with Crippen molar-refractivity contribution in [3.63, 3.8) is 0 Å². The molecule has 7 rings (SSSR count). The van der Waals surface area contributed by atoms with Gasteiger partial charge < -0.3 is 29.2 Å². The zero-order valence-electron chi connectivity index (χ0n) is 16.7. The molecule has 6 unspecified atom stereocenters. The first kappa shape index (κ1) is 18.1. The Balaban J connectivity index is 1.47. The molecule has 2 aliphatic carbocycles. The molecule has 2 saturated carbocycles. The molecule has 1 spiro atoms. The lowest BCUT2D eigenvalue weighted by atomic mass is 9.57. The summed E-state index contributed by atoms with van der Waals surface area (Å²) in [5, 5.41) is 24.4. The third kappa shape index (κ3) is 1.70. The summed E-state index contributed by atoms with van der Waals surface area (Å²) in [5.74, 6) is -1.31. The summed E-state index contributed by atoms with van der Waals surface area (Å²) in [6, 6.07) is 11.1. The minimum Gasteiger partial charge on any atom is -0.446 e. The molecular weight excluding hydrogens is 404 g/mol. The van der Waals surface area contributed by atoms with Gasteiger partial charge in [-0.05, 0) is 30.9 Å². The first-order chi connectivity index (χ1) is 14.8. The van der Waals surface area contributed by atoms with Crippen LogP contribution in [0.3, 0.4) is 0 Å². The Morgan fingerprint density at radius 3 is 2.45 bits per heavy atom. The fraction of sp³-hybridized carbons (Fsp3) is 0.478. The van der Waals surface area contributed by atoms with Gasteiger partial charge in [0.25, 0.3) is 0 Å². The van der Waals surface area contributed by atoms with E-state index in [-0.39, 0.29) is 30.8 Å². The van der Waals surface area contributed by atoms with Crippen molar-refractivity contribution in [3.05, 3.63) is 36.4 Å². The quantitative estimate of drug-likeness (QED) is 0.687. The van der Waals surface area contributed by atoms with E-state index in [2.05, 4.69) is 0 Å². The standard InChI is InChI=1S/C23H20O8/c1-11(24)10-20(27)18-19(28-18)23(22-16(26)9-8-15(25)21(20,22)31-22)29-13-6-2-4-12-5-3-7-14(30-23)17(12)13/h2-7,15,18-19,25,27H,8-10H2,1H3. The van der Waals surface area contributed by atoms with Crippen LogP contribution in [-0.2, 0) is 19.1 Å². The molecule has 6 atom stereocenters. The Hall–Kier alpha value is -2.52. The van der Waals surface area contributed by atoms with Gasteiger partial charge in [-0.3, -0.25) is 9.59 Å². The summed E-state index contributed by atoms with van der Waals surface area (Å²) < 4.78 is 24.8. The Morgan fingerprint density at radius 2 is 1.81 bits per heavy atom. The number of aliphatic hydroxyl groups excluding tert-OH is 1. The van der Waals surface area contributed by atoms with Crippen molar-refractivity contribution >= 4 is 22.3 Å². The highest BCUT2D eigenvalue weighted by Crippen LogP contribution is 2.76. The van der Waals surface area contributed by atoms with Gasteiger partial charge in [-0.25, -0.2) is 0 Å². The number of benzene rings is 2. The molecule has 3 heterocycles. The molecule has 4 fully saturated rings. The zero-order valence-corrected chi connectivity index (χ0v) is 16.7. The van der Waals surface area contributed by atoms with Crippen LogP contribution in [0.25, 0.3) is 10.8 Å². The van der Waals surface area contributed by atoms with Gasteiger partial charge in [0.1, 0.15) is 29.0 Å². The SMILES string of the molecule is CC(=O)CC1(O)C2OC2C2(Oc3cccc4cccc(c34)O2)C23OC12C(O)CCC3=O. The van der Waals surface area contributed by atoms with Crippen molar-refractivity contribution < 1.29 is 38.7 Å². The van der Waals surface area contributed by atoms with Crippen LogP contribution in [0.4, 0.5) is 0 Å². The molecule has 31 heavy (non-hydrogen) atoms. The van der Waals surface area contributed by atoms with Crippen molar-refractivity contribution in [2.45, 2.75) is 67.1 Å². The van der Waals surface area contributed by atoms with Crippen LogP contribution < -0.4 is 9.47 Å². The van der Waals surface area contributed by atoms with E-state index in [1.54, 1.807) is 12.1 Å². The molecule has 0 amide bonds. The summed E-state index contributed by atoms with van der Waals surface area (Å²) in [7, 11) is 0. The van der Waals surface area contributed by atoms with Gasteiger partial charge in [-0.15, -0.1) is 0 Å². The fourth-order valence-corrected chi connectivity index (χ4v) is 6.47. The molecule has 2 N–H and O–H groups in total. The average molecular weight is 424 g/mol. The number of carbonyl (C=O) groups is 2. The number of ketones is 2. The van der Waals surface area contributed by atoms with Gasteiger partial charge in [0.15, 0.2) is 17.5 Å². The second-order valence-corrected chi connectivity index (χ2v) is 9.26. The average Bonchev–Trinajstić information content (AvgIpc) is 3.63. The van der Waals surface area contributed by atoms with Gasteiger partial charge in [0.2, 0.25) is 5.60 Å². The topological polar surface area (TPSA) is 118 Å². The van der Waals surface area contributed by atoms with Gasteiger partial charge in [0, 0.05) is 12.8 Å². The van der Waals surface area contributed by atoms with E-state index in [4.69, 9.17) is 18.9 Å². The summed E-state index contributed by atoms with van der Waals surface area (Å²) in [6.45, 7) is 1.35. The highest BCUT2D eigenvalue weighted by atomic mass is 16.8. The van der Waals surface area contributed by atoms with Gasteiger partial charge in [0.05, 0.1) is 11.5 Å². The molecule has 8 heteroatoms. The Kier molecular flexibility index (Phi) is 2.97. The minimum absolute atomic E-state index is 0.0385. The molecule has 2 aromatic carbocycles. The van der Waals surface area contributed by atoms with Crippen LogP contribution >= 0.6 is 0 Å². The van der Waals surface area contributed by atoms with Crippen LogP contribution in [0.15, 0.2) is 36.4 Å². The summed E-state index contributed by atoms with van der Waals surface area (Å²) in [6.07, 6.45) is -3.06. The maximum Gasteiger partial charge on any atom is 0.320 e. The lowest BCUT2D eigenvalue weighted by molar-refractivity contribution is -0.204. The molecular formula is C23H20O8. The highest BCUT2D eigenvalue weighted by Gasteiger charge is 3.03. The van der Waals surface area contributed by atoms with E-state index in [0.29, 0.717) is 11.5 Å². The molecule has 2 saturated heterocycles. The van der Waals surface area contributed by atoms with Crippen LogP contribution in [0.2, 0.25) is 0 Å². The third-order valence-corrected chi connectivity index (χ3v) is 7.64. The first-order valence-electron chi connectivity index (χ1n) is 10.5. The highest BCUT2D eigenvalue weighted by molar-refractivity contribution is 5.99. The molecule has 0 radical (unpaired) electrons. The van der Waals surface area contributed by atoms with E-state index in [9.17, 15) is 19.8 Å². The number of aliphatic hydroxyl groups is 2. The predicted molar refractivity (Wildman–Crippen MR) is 104 cm³/mol. The van der Waals surface area contributed by atoms with Crippen LogP contribution in [0.1, 0.15) is 26.2 Å². The number of epoxide rings is 2. The van der Waals surface area contributed by atoms with Gasteiger partial charge >= 0.3 is 5.79 Å². The number of carbonyl (C=O) groups excluding carboxylic acids is 2. The maximum absolute atomic E-state index is 13.5. The van der Waals surface area contributed by atoms with E-state index in [1.165, 1.54) is 6.92 Å². The zero-order chi connectivity index (χ0) is 21.4. The van der Waals surface area contributed by atoms with E-state index >= 15 is 0 Å². The van der Waals surface area contributed by atoms with Crippen LogP contribution in [0.5, 0.6) is 11.5 Å². The molecule has 3 aliphatic heterocycles. The number of hydrogen-bond donors (Lipinski definition) is 2. The maximum atomic E-state index is 13.5. The lowest BCUT2D eigenvalue weighted by Gasteiger charge is -2.49. The smallest absolute Gasteiger partial charge is 0.320 e. The second kappa shape index (κ2) is 5.10. The molecule has 2 aromatic rings. The number of fused-ring (bicyclic) bond motifs is 2. The van der Waals surface area contributed by atoms with Crippen LogP contribution in [-0.4, -0.2) is 62.7 Å². The molecule has 0 bridgehead atoms. The van der Waals surface area contributed by atoms with E-state index in [1.807, 2.05) is 24.3 Å². The summed E-state index contributed by atoms with van der Waals surface area (Å²) in [5.41, 5.74) is -5.38. The number of hydrogen-bond acceptors (Lipinski definition) is 8. The van der Waals surface area contributed by atoms with E-state index in [0.717, 1.165) is 10.8 Å². The summed E-state index contributed by atoms with van der Waals surface area (Å²) in [4.78, 5) is 25.5. The summed E-state index contributed by atoms with van der Waals surface area (Å²) >= 11 is 0. The minimum atomic E-state index is -1.86. The number of Topliss-reactive ketones (excluding diaryl/α,β-unsaturated/α-hetero) is 2. The van der Waals surface area contributed by atoms with Gasteiger partial charge in [-0.1, -0.05) is 24.3 Å². The Bertz CT molecular complexity index is 1170. The Morgan fingerprint density at radius 1 is 1.13 bits per heavy atom. The normalized spacial score (nSPS) is 42.7. The van der Waals surface area contributed by atoms with E-state index < -0.39 is 40.9 Å². The molecule has 0 aromatic heterocycles. The van der Waals surface area contributed by atoms with Crippen molar-refractivity contribution in [3.8, 4) is 11.5 Å². The van der Waals surface area contributed by atoms with Crippen molar-refractivity contribution in [1.29, 1.82) is 0 Å². The van der Waals surface area contributed by atoms with Gasteiger partial charge in [-0.2, -0.15) is 0 Å². The molecule has 8 nitrogen and oxygen atoms in total. The third-order valence-electron chi connectivity index (χ3n) is 7.64. The largest absolute Gasteiger partial charge is 0.446 e. The number of ether oxygens (including phenoxy) is 4. The predicted octanol–water partition coefficient (Wildman–Crippen LogP) is 1.03. The monoisotopic (exact) mass is 424 g/mol. The van der Waals surface area contributed by atoms with Crippen molar-refractivity contribution in [1.82, 2.24) is 0 Å². The van der Waals surface area contributed by atoms with Crippen molar-refractivity contribution in [2.75, 3.05) is 0 Å².